The van der Waals surface area contributed by atoms with E-state index in [4.69, 9.17) is 5.41 Å². The molecule has 1 aliphatic carbocycles. The highest BCUT2D eigenvalue weighted by Gasteiger charge is 2.31. The first-order valence-electron chi connectivity index (χ1n) is 11.6. The largest absolute Gasteiger partial charge is 0.435 e. The Kier molecular flexibility index (Phi) is 9.76. The molecular formula is C26H29F3N4O3S. The lowest BCUT2D eigenvalue weighted by molar-refractivity contribution is -0.0498. The lowest BCUT2D eigenvalue weighted by Crippen LogP contribution is -2.40. The van der Waals surface area contributed by atoms with E-state index in [1.54, 1.807) is 12.1 Å². The molecular weight excluding hydrogens is 505 g/mol. The summed E-state index contributed by atoms with van der Waals surface area (Å²) in [5, 5.41) is 14.8. The summed E-state index contributed by atoms with van der Waals surface area (Å²) in [6.45, 7) is -0.848. The summed E-state index contributed by atoms with van der Waals surface area (Å²) in [4.78, 5) is 15.1. The van der Waals surface area contributed by atoms with E-state index in [0.29, 0.717) is 29.5 Å². The molecule has 0 bridgehead atoms. The second kappa shape index (κ2) is 12.8. The highest BCUT2D eigenvalue weighted by Crippen LogP contribution is 2.25. The predicted octanol–water partition coefficient (Wildman–Crippen LogP) is 4.62. The zero-order chi connectivity index (χ0) is 27.0. The number of hydrogen-bond acceptors (Lipinski definition) is 7. The molecule has 0 radical (unpaired) electrons. The first kappa shape index (κ1) is 28.3. The van der Waals surface area contributed by atoms with Crippen molar-refractivity contribution in [2.45, 2.75) is 38.0 Å². The van der Waals surface area contributed by atoms with Gasteiger partial charge in [0.25, 0.3) is 0 Å². The molecule has 2 aromatic rings. The number of pyridine rings is 1. The number of nitrogens with one attached hydrogen (secondary N) is 3. The predicted molar refractivity (Wildman–Crippen MR) is 139 cm³/mol. The van der Waals surface area contributed by atoms with Gasteiger partial charge in [-0.25, -0.2) is 4.39 Å². The fourth-order valence-corrected chi connectivity index (χ4v) is 5.60. The quantitative estimate of drug-likeness (QED) is 0.337. The third-order valence-electron chi connectivity index (χ3n) is 6.02. The first-order chi connectivity index (χ1) is 17.6. The van der Waals surface area contributed by atoms with Gasteiger partial charge in [-0.3, -0.25) is 19.4 Å². The van der Waals surface area contributed by atoms with Crippen molar-refractivity contribution in [1.29, 1.82) is 5.41 Å². The molecule has 3 atom stereocenters. The second-order valence-electron chi connectivity index (χ2n) is 8.84. The van der Waals surface area contributed by atoms with E-state index in [1.807, 2.05) is 7.05 Å². The Morgan fingerprint density at radius 1 is 1.35 bits per heavy atom. The Morgan fingerprint density at radius 2 is 2.14 bits per heavy atom. The van der Waals surface area contributed by atoms with Crippen LogP contribution in [0.2, 0.25) is 0 Å². The summed E-state index contributed by atoms with van der Waals surface area (Å²) in [6.07, 6.45) is 7.78. The van der Waals surface area contributed by atoms with E-state index in [1.165, 1.54) is 42.6 Å². The summed E-state index contributed by atoms with van der Waals surface area (Å²) in [6, 6.07) is 7.02. The van der Waals surface area contributed by atoms with Crippen LogP contribution in [0.3, 0.4) is 0 Å². The number of aromatic nitrogens is 1. The van der Waals surface area contributed by atoms with Crippen LogP contribution in [0, 0.1) is 5.41 Å². The Hall–Kier alpha value is -3.31. The lowest BCUT2D eigenvalue weighted by atomic mass is 10.0. The van der Waals surface area contributed by atoms with Gasteiger partial charge in [0.15, 0.2) is 6.29 Å². The summed E-state index contributed by atoms with van der Waals surface area (Å²) in [5.74, 6) is 1.30. The summed E-state index contributed by atoms with van der Waals surface area (Å²) in [5.41, 5.74) is 1.48. The van der Waals surface area contributed by atoms with Crippen LogP contribution in [-0.2, 0) is 10.8 Å². The van der Waals surface area contributed by atoms with Crippen molar-refractivity contribution in [3.63, 3.8) is 0 Å². The van der Waals surface area contributed by atoms with Crippen LogP contribution in [0.1, 0.15) is 41.4 Å². The lowest BCUT2D eigenvalue weighted by Gasteiger charge is -2.20. The Balaban J connectivity index is 0.000000356. The van der Waals surface area contributed by atoms with Crippen LogP contribution >= 0.6 is 0 Å². The molecule has 37 heavy (non-hydrogen) atoms. The molecule has 1 aromatic heterocycles. The van der Waals surface area contributed by atoms with Gasteiger partial charge in [-0.05, 0) is 57.2 Å². The number of anilines is 1. The van der Waals surface area contributed by atoms with E-state index < -0.39 is 17.4 Å². The van der Waals surface area contributed by atoms with Crippen LogP contribution in [0.4, 0.5) is 18.9 Å². The monoisotopic (exact) mass is 534 g/mol. The van der Waals surface area contributed by atoms with Gasteiger partial charge in [0.05, 0.1) is 5.71 Å². The van der Waals surface area contributed by atoms with Crippen LogP contribution in [0.15, 0.2) is 60.6 Å². The number of aldehydes is 1. The molecule has 0 saturated carbocycles. The Labute approximate surface area is 216 Å². The topological polar surface area (TPSA) is 104 Å². The van der Waals surface area contributed by atoms with E-state index in [-0.39, 0.29) is 34.6 Å². The zero-order valence-corrected chi connectivity index (χ0v) is 21.3. The number of carbonyl (C=O) groups is 1. The van der Waals surface area contributed by atoms with Crippen molar-refractivity contribution < 1.29 is 26.9 Å². The van der Waals surface area contributed by atoms with E-state index >= 15 is 0 Å². The van der Waals surface area contributed by atoms with Crippen LogP contribution in [-0.4, -0.2) is 57.9 Å². The highest BCUT2D eigenvalue weighted by molar-refractivity contribution is 7.85. The molecule has 1 aromatic carbocycles. The fraction of sp³-hybridized carbons (Fsp3) is 0.346. The maximum Gasteiger partial charge on any atom is 0.387 e. The van der Waals surface area contributed by atoms with Crippen molar-refractivity contribution >= 4 is 28.5 Å². The summed E-state index contributed by atoms with van der Waals surface area (Å²) >= 11 is 0. The smallest absolute Gasteiger partial charge is 0.387 e. The van der Waals surface area contributed by atoms with E-state index in [0.717, 1.165) is 17.9 Å². The van der Waals surface area contributed by atoms with Crippen molar-refractivity contribution in [3.05, 3.63) is 77.4 Å². The van der Waals surface area contributed by atoms with Crippen LogP contribution in [0.5, 0.6) is 5.75 Å². The first-order valence-corrected chi connectivity index (χ1v) is 13.0. The van der Waals surface area contributed by atoms with Crippen molar-refractivity contribution in [2.75, 3.05) is 23.9 Å². The van der Waals surface area contributed by atoms with Crippen molar-refractivity contribution in [1.82, 2.24) is 10.3 Å². The normalized spacial score (nSPS) is 22.6. The van der Waals surface area contributed by atoms with Gasteiger partial charge in [-0.1, -0.05) is 18.2 Å². The SMILES string of the molecule is CNC1(C)CCS(=O)C1.N=C(c1cccc(OC(F)F)c1)c1cnc(C=O)cc1NC1C=CC(F)=CC1. The second-order valence-corrected chi connectivity index (χ2v) is 10.4. The zero-order valence-electron chi connectivity index (χ0n) is 20.5. The number of halogens is 3. The van der Waals surface area contributed by atoms with Gasteiger partial charge < -0.3 is 15.4 Å². The number of nitrogens with zero attached hydrogens (tertiary/aromatic N) is 1. The highest BCUT2D eigenvalue weighted by atomic mass is 32.2. The third-order valence-corrected chi connectivity index (χ3v) is 7.64. The minimum absolute atomic E-state index is 0.00803. The number of hydrogen-bond donors (Lipinski definition) is 3. The van der Waals surface area contributed by atoms with Gasteiger partial charge >= 0.3 is 6.61 Å². The van der Waals surface area contributed by atoms with Gasteiger partial charge in [0.1, 0.15) is 17.3 Å². The Bertz CT molecular complexity index is 1220. The molecule has 1 aliphatic heterocycles. The van der Waals surface area contributed by atoms with Gasteiger partial charge in [-0.15, -0.1) is 0 Å². The maximum absolute atomic E-state index is 13.2. The van der Waals surface area contributed by atoms with Crippen molar-refractivity contribution in [2.24, 2.45) is 0 Å². The molecule has 2 aliphatic rings. The third kappa shape index (κ3) is 8.09. The number of ether oxygens (including phenoxy) is 1. The average Bonchev–Trinajstić information content (AvgIpc) is 3.24. The number of rotatable bonds is 8. The molecule has 11 heteroatoms. The molecule has 2 heterocycles. The summed E-state index contributed by atoms with van der Waals surface area (Å²) in [7, 11) is 1.38. The Morgan fingerprint density at radius 3 is 2.70 bits per heavy atom. The van der Waals surface area contributed by atoms with E-state index in [9.17, 15) is 22.2 Å². The molecule has 4 rings (SSSR count). The average molecular weight is 535 g/mol. The minimum Gasteiger partial charge on any atom is -0.435 e. The molecule has 1 fully saturated rings. The minimum atomic E-state index is -2.97. The van der Waals surface area contributed by atoms with Crippen molar-refractivity contribution in [3.8, 4) is 5.75 Å². The fourth-order valence-electron chi connectivity index (χ4n) is 3.77. The van der Waals surface area contributed by atoms with Crippen LogP contribution in [0.25, 0.3) is 0 Å². The maximum atomic E-state index is 13.2. The van der Waals surface area contributed by atoms with Gasteiger partial charge in [-0.2, -0.15) is 8.78 Å². The molecule has 198 valence electrons. The van der Waals surface area contributed by atoms with E-state index in [2.05, 4.69) is 27.3 Å². The molecule has 0 amide bonds. The standard InChI is InChI=1S/C20H16F3N3O2.C6H13NOS/c21-13-4-6-14(7-5-13)26-18-9-15(11-27)25-10-17(18)19(24)12-2-1-3-16(8-12)28-20(22)23;1-6(7-2)3-4-9(8)5-6/h1-6,8-11,14,20,24H,7H2,(H,25,26);7H,3-5H2,1-2H3. The van der Waals surface area contributed by atoms with Gasteiger partial charge in [0, 0.05) is 56.9 Å². The molecule has 0 spiro atoms. The number of allylic oxidation sites excluding steroid dienone is 2. The molecule has 7 nitrogen and oxygen atoms in total. The summed E-state index contributed by atoms with van der Waals surface area (Å²) < 4.78 is 53.3. The number of carbonyl (C=O) groups excluding carboxylic acids is 1. The van der Waals surface area contributed by atoms with Crippen LogP contribution < -0.4 is 15.4 Å². The molecule has 3 N–H and O–H groups in total. The van der Waals surface area contributed by atoms with Gasteiger partial charge in [0.2, 0.25) is 0 Å². The number of alkyl halides is 2. The molecule has 1 saturated heterocycles. The molecule has 3 unspecified atom stereocenters. The number of benzene rings is 1.